The summed E-state index contributed by atoms with van der Waals surface area (Å²) >= 11 is 0. The van der Waals surface area contributed by atoms with Gasteiger partial charge >= 0.3 is 0 Å². The second kappa shape index (κ2) is 11.4. The first kappa shape index (κ1) is 24.7. The summed E-state index contributed by atoms with van der Waals surface area (Å²) in [7, 11) is 0. The van der Waals surface area contributed by atoms with Crippen molar-refractivity contribution in [3.63, 3.8) is 0 Å². The number of halogens is 1. The molecule has 9 heteroatoms. The van der Waals surface area contributed by atoms with Gasteiger partial charge in [0.1, 0.15) is 24.2 Å². The Kier molecular flexibility index (Phi) is 7.79. The van der Waals surface area contributed by atoms with Gasteiger partial charge in [0.25, 0.3) is 11.8 Å². The third-order valence-electron chi connectivity index (χ3n) is 5.46. The van der Waals surface area contributed by atoms with Crippen LogP contribution in [0.2, 0.25) is 0 Å². The molecule has 1 unspecified atom stereocenters. The number of hydrazone groups is 1. The molecule has 0 spiro atoms. The van der Waals surface area contributed by atoms with Gasteiger partial charge in [-0.1, -0.05) is 26.0 Å². The fourth-order valence-electron chi connectivity index (χ4n) is 3.43. The Bertz CT molecular complexity index is 1240. The summed E-state index contributed by atoms with van der Waals surface area (Å²) in [5, 5.41) is 6.77. The van der Waals surface area contributed by atoms with E-state index in [1.165, 1.54) is 18.3 Å². The van der Waals surface area contributed by atoms with Crippen LogP contribution in [-0.2, 0) is 11.4 Å². The van der Waals surface area contributed by atoms with Crippen molar-refractivity contribution in [3.8, 4) is 17.2 Å². The number of benzene rings is 3. The molecular weight excluding hydrogens is 465 g/mol. The SMILES string of the molecule is CC(C)C(NC(=O)c1ccc2c(c1)OCO2)C(=O)NN=Cc1ccc(OCc2ccc(F)cc2)cc1. The van der Waals surface area contributed by atoms with Gasteiger partial charge in [-0.05, 0) is 71.6 Å². The lowest BCUT2D eigenvalue weighted by Crippen LogP contribution is -2.48. The summed E-state index contributed by atoms with van der Waals surface area (Å²) in [6.45, 7) is 4.09. The molecule has 1 atom stereocenters. The molecule has 0 radical (unpaired) electrons. The van der Waals surface area contributed by atoms with E-state index in [-0.39, 0.29) is 18.5 Å². The van der Waals surface area contributed by atoms with Crippen LogP contribution in [0.4, 0.5) is 4.39 Å². The maximum Gasteiger partial charge on any atom is 0.262 e. The number of hydrogen-bond acceptors (Lipinski definition) is 6. The van der Waals surface area contributed by atoms with Gasteiger partial charge in [0.2, 0.25) is 6.79 Å². The van der Waals surface area contributed by atoms with Crippen LogP contribution in [0.15, 0.2) is 71.8 Å². The number of carbonyl (C=O) groups is 2. The number of ether oxygens (including phenoxy) is 3. The molecule has 4 rings (SSSR count). The molecule has 3 aromatic carbocycles. The Morgan fingerprint density at radius 3 is 2.47 bits per heavy atom. The quantitative estimate of drug-likeness (QED) is 0.348. The minimum Gasteiger partial charge on any atom is -0.489 e. The minimum absolute atomic E-state index is 0.112. The van der Waals surface area contributed by atoms with Gasteiger partial charge in [-0.2, -0.15) is 5.10 Å². The van der Waals surface area contributed by atoms with E-state index in [1.54, 1.807) is 54.6 Å². The third-order valence-corrected chi connectivity index (χ3v) is 5.46. The van der Waals surface area contributed by atoms with Crippen molar-refractivity contribution in [1.82, 2.24) is 10.7 Å². The first-order valence-electron chi connectivity index (χ1n) is 11.4. The van der Waals surface area contributed by atoms with Crippen LogP contribution in [0.5, 0.6) is 17.2 Å². The normalized spacial score (nSPS) is 13.0. The molecule has 1 heterocycles. The molecule has 1 aliphatic rings. The molecule has 36 heavy (non-hydrogen) atoms. The average molecular weight is 492 g/mol. The fourth-order valence-corrected chi connectivity index (χ4v) is 3.43. The highest BCUT2D eigenvalue weighted by Gasteiger charge is 2.25. The lowest BCUT2D eigenvalue weighted by molar-refractivity contribution is -0.123. The Morgan fingerprint density at radius 2 is 1.75 bits per heavy atom. The molecule has 0 aromatic heterocycles. The molecule has 0 saturated heterocycles. The van der Waals surface area contributed by atoms with Crippen LogP contribution in [0.3, 0.4) is 0 Å². The molecule has 0 fully saturated rings. The number of nitrogens with one attached hydrogen (secondary N) is 2. The number of nitrogens with zero attached hydrogens (tertiary/aromatic N) is 1. The zero-order valence-electron chi connectivity index (χ0n) is 19.9. The van der Waals surface area contributed by atoms with Crippen LogP contribution in [0.25, 0.3) is 0 Å². The number of carbonyl (C=O) groups excluding carboxylic acids is 2. The van der Waals surface area contributed by atoms with E-state index in [4.69, 9.17) is 14.2 Å². The van der Waals surface area contributed by atoms with Crippen molar-refractivity contribution in [3.05, 3.63) is 89.2 Å². The smallest absolute Gasteiger partial charge is 0.262 e. The van der Waals surface area contributed by atoms with Gasteiger partial charge in [-0.15, -0.1) is 0 Å². The van der Waals surface area contributed by atoms with Crippen LogP contribution < -0.4 is 25.0 Å². The van der Waals surface area contributed by atoms with E-state index in [0.29, 0.717) is 29.4 Å². The lowest BCUT2D eigenvalue weighted by atomic mass is 10.0. The molecular formula is C27H26FN3O5. The predicted molar refractivity (Wildman–Crippen MR) is 132 cm³/mol. The van der Waals surface area contributed by atoms with Gasteiger partial charge in [-0.25, -0.2) is 9.82 Å². The van der Waals surface area contributed by atoms with Crippen molar-refractivity contribution in [2.24, 2.45) is 11.0 Å². The van der Waals surface area contributed by atoms with Gasteiger partial charge in [0.05, 0.1) is 6.21 Å². The summed E-state index contributed by atoms with van der Waals surface area (Å²) in [6.07, 6.45) is 1.50. The average Bonchev–Trinajstić information content (AvgIpc) is 3.35. The van der Waals surface area contributed by atoms with E-state index in [1.807, 2.05) is 13.8 Å². The molecule has 186 valence electrons. The molecule has 2 N–H and O–H groups in total. The highest BCUT2D eigenvalue weighted by atomic mass is 19.1. The number of hydrogen-bond donors (Lipinski definition) is 2. The molecule has 0 bridgehead atoms. The Labute approximate surface area is 208 Å². The van der Waals surface area contributed by atoms with Crippen molar-refractivity contribution in [2.75, 3.05) is 6.79 Å². The monoisotopic (exact) mass is 491 g/mol. The first-order valence-corrected chi connectivity index (χ1v) is 11.4. The highest BCUT2D eigenvalue weighted by Crippen LogP contribution is 2.32. The van der Waals surface area contributed by atoms with Gasteiger partial charge < -0.3 is 19.5 Å². The largest absolute Gasteiger partial charge is 0.489 e. The standard InChI is InChI=1S/C27H26FN3O5/c1-17(2)25(30-26(32)20-7-12-23-24(13-20)36-16-35-23)27(33)31-29-14-18-5-10-22(11-6-18)34-15-19-3-8-21(28)9-4-19/h3-14,17,25H,15-16H2,1-2H3,(H,30,32)(H,31,33). The molecule has 8 nitrogen and oxygen atoms in total. The zero-order chi connectivity index (χ0) is 25.5. The van der Waals surface area contributed by atoms with Crippen molar-refractivity contribution >= 4 is 18.0 Å². The summed E-state index contributed by atoms with van der Waals surface area (Å²) < 4.78 is 29.3. The Morgan fingerprint density at radius 1 is 1.03 bits per heavy atom. The van der Waals surface area contributed by atoms with Gasteiger partial charge in [-0.3, -0.25) is 9.59 Å². The van der Waals surface area contributed by atoms with Crippen molar-refractivity contribution < 1.29 is 28.2 Å². The summed E-state index contributed by atoms with van der Waals surface area (Å²) in [6, 6.07) is 17.3. The second-order valence-electron chi connectivity index (χ2n) is 8.48. The topological polar surface area (TPSA) is 98.2 Å². The number of rotatable bonds is 9. The molecule has 3 aromatic rings. The molecule has 1 aliphatic heterocycles. The summed E-state index contributed by atoms with van der Waals surface area (Å²) in [5.74, 6) is 0.414. The summed E-state index contributed by atoms with van der Waals surface area (Å²) in [5.41, 5.74) is 4.45. The minimum atomic E-state index is -0.790. The van der Waals surface area contributed by atoms with E-state index in [9.17, 15) is 14.0 Å². The number of amides is 2. The number of fused-ring (bicyclic) bond motifs is 1. The first-order chi connectivity index (χ1) is 17.4. The summed E-state index contributed by atoms with van der Waals surface area (Å²) in [4.78, 5) is 25.4. The van der Waals surface area contributed by atoms with Crippen LogP contribution in [-0.4, -0.2) is 30.9 Å². The third kappa shape index (κ3) is 6.38. The van der Waals surface area contributed by atoms with Gasteiger partial charge in [0, 0.05) is 5.56 Å². The fraction of sp³-hybridized carbons (Fsp3) is 0.222. The van der Waals surface area contributed by atoms with E-state index < -0.39 is 17.9 Å². The van der Waals surface area contributed by atoms with E-state index in [0.717, 1.165) is 11.1 Å². The van der Waals surface area contributed by atoms with E-state index >= 15 is 0 Å². The Hall–Kier alpha value is -4.40. The predicted octanol–water partition coefficient (Wildman–Crippen LogP) is 4.04. The molecule has 2 amide bonds. The Balaban J connectivity index is 1.29. The maximum atomic E-state index is 13.0. The zero-order valence-corrected chi connectivity index (χ0v) is 19.9. The van der Waals surface area contributed by atoms with Crippen LogP contribution in [0, 0.1) is 11.7 Å². The lowest BCUT2D eigenvalue weighted by Gasteiger charge is -2.20. The van der Waals surface area contributed by atoms with Crippen molar-refractivity contribution in [2.45, 2.75) is 26.5 Å². The van der Waals surface area contributed by atoms with Gasteiger partial charge in [0.15, 0.2) is 11.5 Å². The maximum absolute atomic E-state index is 13.0. The molecule has 0 saturated carbocycles. The van der Waals surface area contributed by atoms with Crippen molar-refractivity contribution in [1.29, 1.82) is 0 Å². The highest BCUT2D eigenvalue weighted by molar-refractivity contribution is 5.98. The van der Waals surface area contributed by atoms with Crippen LogP contribution in [0.1, 0.15) is 35.3 Å². The second-order valence-corrected chi connectivity index (χ2v) is 8.48. The van der Waals surface area contributed by atoms with E-state index in [2.05, 4.69) is 15.8 Å². The van der Waals surface area contributed by atoms with Crippen LogP contribution >= 0.6 is 0 Å². The molecule has 0 aliphatic carbocycles.